The van der Waals surface area contributed by atoms with Crippen molar-refractivity contribution in [2.75, 3.05) is 12.8 Å². The van der Waals surface area contributed by atoms with Crippen molar-refractivity contribution in [3.63, 3.8) is 0 Å². The third kappa shape index (κ3) is 3.73. The second-order valence-electron chi connectivity index (χ2n) is 2.86. The second-order valence-corrected chi connectivity index (χ2v) is 5.18. The van der Waals surface area contributed by atoms with Gasteiger partial charge in [0.15, 0.2) is 0 Å². The molecule has 6 heteroatoms. The van der Waals surface area contributed by atoms with Gasteiger partial charge in [0.2, 0.25) is 10.0 Å². The summed E-state index contributed by atoms with van der Waals surface area (Å²) in [5.74, 6) is -1.00. The number of carbonyl (C=O) groups is 1. The Morgan fingerprint density at radius 1 is 1.54 bits per heavy atom. The molecule has 0 aromatic heterocycles. The van der Waals surface area contributed by atoms with Gasteiger partial charge in [-0.15, -0.1) is 0 Å². The Bertz CT molecular complexity index is 272. The first-order valence-corrected chi connectivity index (χ1v) is 5.59. The Balaban J connectivity index is 4.43. The molecule has 0 heterocycles. The SMILES string of the molecule is CCS(=O)(=O)N(C)C(C)CC(=O)O. The highest BCUT2D eigenvalue weighted by atomic mass is 32.2. The van der Waals surface area contributed by atoms with Crippen molar-refractivity contribution in [3.8, 4) is 0 Å². The lowest BCUT2D eigenvalue weighted by Crippen LogP contribution is -2.37. The number of hydrogen-bond donors (Lipinski definition) is 1. The van der Waals surface area contributed by atoms with Crippen molar-refractivity contribution in [2.24, 2.45) is 0 Å². The number of aliphatic carboxylic acids is 1. The fourth-order valence-corrected chi connectivity index (χ4v) is 1.89. The fourth-order valence-electron chi connectivity index (χ4n) is 0.859. The summed E-state index contributed by atoms with van der Waals surface area (Å²) in [6.45, 7) is 3.10. The summed E-state index contributed by atoms with van der Waals surface area (Å²) in [7, 11) is -1.88. The van der Waals surface area contributed by atoms with Crippen molar-refractivity contribution in [1.82, 2.24) is 4.31 Å². The minimum absolute atomic E-state index is 0.00649. The van der Waals surface area contributed by atoms with Crippen LogP contribution in [-0.4, -0.2) is 42.6 Å². The number of nitrogens with zero attached hydrogens (tertiary/aromatic N) is 1. The molecular formula is C7H15NO4S. The molecule has 0 rings (SSSR count). The summed E-state index contributed by atoms with van der Waals surface area (Å²) >= 11 is 0. The third-order valence-electron chi connectivity index (χ3n) is 1.89. The third-order valence-corrected chi connectivity index (χ3v) is 3.86. The van der Waals surface area contributed by atoms with Gasteiger partial charge in [-0.05, 0) is 13.8 Å². The highest BCUT2D eigenvalue weighted by Gasteiger charge is 2.22. The summed E-state index contributed by atoms with van der Waals surface area (Å²) < 4.78 is 23.6. The summed E-state index contributed by atoms with van der Waals surface area (Å²) in [6.07, 6.45) is -0.171. The number of carboxylic acid groups (broad SMARTS) is 1. The van der Waals surface area contributed by atoms with E-state index in [9.17, 15) is 13.2 Å². The van der Waals surface area contributed by atoms with Gasteiger partial charge in [0.25, 0.3) is 0 Å². The van der Waals surface area contributed by atoms with Crippen LogP contribution >= 0.6 is 0 Å². The van der Waals surface area contributed by atoms with E-state index in [0.717, 1.165) is 4.31 Å². The Morgan fingerprint density at radius 2 is 2.00 bits per heavy atom. The van der Waals surface area contributed by atoms with Crippen LogP contribution in [0.1, 0.15) is 20.3 Å². The van der Waals surface area contributed by atoms with Crippen molar-refractivity contribution in [2.45, 2.75) is 26.3 Å². The van der Waals surface area contributed by atoms with Crippen LogP contribution in [0.2, 0.25) is 0 Å². The van der Waals surface area contributed by atoms with E-state index in [-0.39, 0.29) is 12.2 Å². The molecule has 0 fully saturated rings. The maximum atomic E-state index is 11.3. The molecule has 0 saturated carbocycles. The molecule has 0 aliphatic rings. The Labute approximate surface area is 78.4 Å². The fraction of sp³-hybridized carbons (Fsp3) is 0.857. The number of sulfonamides is 1. The van der Waals surface area contributed by atoms with E-state index in [4.69, 9.17) is 5.11 Å². The van der Waals surface area contributed by atoms with Crippen LogP contribution in [0, 0.1) is 0 Å². The van der Waals surface area contributed by atoms with Crippen molar-refractivity contribution >= 4 is 16.0 Å². The molecule has 1 unspecified atom stereocenters. The van der Waals surface area contributed by atoms with Gasteiger partial charge < -0.3 is 5.11 Å². The van der Waals surface area contributed by atoms with Crippen LogP contribution < -0.4 is 0 Å². The first-order chi connectivity index (χ1) is 5.81. The van der Waals surface area contributed by atoms with Gasteiger partial charge in [0.05, 0.1) is 12.2 Å². The summed E-state index contributed by atoms with van der Waals surface area (Å²) in [5, 5.41) is 8.45. The predicted molar refractivity (Wildman–Crippen MR) is 48.9 cm³/mol. The molecule has 0 radical (unpaired) electrons. The maximum Gasteiger partial charge on any atom is 0.304 e. The number of carboxylic acids is 1. The van der Waals surface area contributed by atoms with E-state index >= 15 is 0 Å². The van der Waals surface area contributed by atoms with Crippen molar-refractivity contribution in [3.05, 3.63) is 0 Å². The average molecular weight is 209 g/mol. The molecule has 0 saturated heterocycles. The molecule has 0 amide bonds. The first-order valence-electron chi connectivity index (χ1n) is 3.98. The molecular weight excluding hydrogens is 194 g/mol. The molecule has 5 nitrogen and oxygen atoms in total. The van der Waals surface area contributed by atoms with Crippen molar-refractivity contribution < 1.29 is 18.3 Å². The summed E-state index contributed by atoms with van der Waals surface area (Å²) in [5.41, 5.74) is 0. The van der Waals surface area contributed by atoms with Crippen molar-refractivity contribution in [1.29, 1.82) is 0 Å². The molecule has 0 aliphatic carbocycles. The van der Waals surface area contributed by atoms with Crippen LogP contribution in [0.5, 0.6) is 0 Å². The Morgan fingerprint density at radius 3 is 2.31 bits per heavy atom. The Kier molecular flexibility index (Phi) is 4.35. The van der Waals surface area contributed by atoms with Gasteiger partial charge in [-0.25, -0.2) is 12.7 Å². The first kappa shape index (κ1) is 12.4. The number of rotatable bonds is 5. The minimum atomic E-state index is -3.27. The van der Waals surface area contributed by atoms with Crippen LogP contribution in [0.4, 0.5) is 0 Å². The number of hydrogen-bond acceptors (Lipinski definition) is 3. The molecule has 0 aromatic rings. The van der Waals surface area contributed by atoms with Gasteiger partial charge in [0, 0.05) is 13.1 Å². The molecule has 1 N–H and O–H groups in total. The lowest BCUT2D eigenvalue weighted by molar-refractivity contribution is -0.137. The minimum Gasteiger partial charge on any atom is -0.481 e. The topological polar surface area (TPSA) is 74.7 Å². The molecule has 0 aromatic carbocycles. The monoisotopic (exact) mass is 209 g/mol. The van der Waals surface area contributed by atoms with E-state index in [2.05, 4.69) is 0 Å². The Hall–Kier alpha value is -0.620. The zero-order chi connectivity index (χ0) is 10.6. The standard InChI is InChI=1S/C7H15NO4S/c1-4-13(11,12)8(3)6(2)5-7(9)10/h6H,4-5H2,1-3H3,(H,9,10). The van der Waals surface area contributed by atoms with E-state index in [1.165, 1.54) is 14.0 Å². The van der Waals surface area contributed by atoms with Gasteiger partial charge in [0.1, 0.15) is 0 Å². The molecule has 78 valence electrons. The lowest BCUT2D eigenvalue weighted by atomic mass is 10.2. The maximum absolute atomic E-state index is 11.3. The zero-order valence-corrected chi connectivity index (χ0v) is 8.84. The lowest BCUT2D eigenvalue weighted by Gasteiger charge is -2.21. The second kappa shape index (κ2) is 4.57. The largest absolute Gasteiger partial charge is 0.481 e. The summed E-state index contributed by atoms with van der Waals surface area (Å²) in [6, 6.07) is -0.498. The highest BCUT2D eigenvalue weighted by molar-refractivity contribution is 7.89. The smallest absolute Gasteiger partial charge is 0.304 e. The molecule has 1 atom stereocenters. The molecule has 0 aliphatic heterocycles. The quantitative estimate of drug-likeness (QED) is 0.698. The van der Waals surface area contributed by atoms with Gasteiger partial charge >= 0.3 is 5.97 Å². The van der Waals surface area contributed by atoms with Gasteiger partial charge in [-0.1, -0.05) is 0 Å². The zero-order valence-electron chi connectivity index (χ0n) is 8.02. The van der Waals surface area contributed by atoms with Crippen LogP contribution in [0.25, 0.3) is 0 Å². The van der Waals surface area contributed by atoms with Gasteiger partial charge in [-0.3, -0.25) is 4.79 Å². The van der Waals surface area contributed by atoms with Gasteiger partial charge in [-0.2, -0.15) is 0 Å². The molecule has 0 bridgehead atoms. The predicted octanol–water partition coefficient (Wildman–Crippen LogP) is 0.131. The average Bonchev–Trinajstić information content (AvgIpc) is 2.01. The van der Waals surface area contributed by atoms with Crippen LogP contribution in [-0.2, 0) is 14.8 Å². The summed E-state index contributed by atoms with van der Waals surface area (Å²) in [4.78, 5) is 10.3. The van der Waals surface area contributed by atoms with Crippen LogP contribution in [0.3, 0.4) is 0 Å². The van der Waals surface area contributed by atoms with E-state index in [1.54, 1.807) is 6.92 Å². The van der Waals surface area contributed by atoms with E-state index < -0.39 is 22.0 Å². The molecule has 13 heavy (non-hydrogen) atoms. The van der Waals surface area contributed by atoms with Crippen LogP contribution in [0.15, 0.2) is 0 Å². The highest BCUT2D eigenvalue weighted by Crippen LogP contribution is 2.07. The normalized spacial score (nSPS) is 14.5. The molecule has 0 spiro atoms. The van der Waals surface area contributed by atoms with E-state index in [1.807, 2.05) is 0 Å². The van der Waals surface area contributed by atoms with E-state index in [0.29, 0.717) is 0 Å².